The summed E-state index contributed by atoms with van der Waals surface area (Å²) in [6, 6.07) is 11.0. The molecule has 0 aliphatic carbocycles. The Balaban J connectivity index is 2.14. The molecule has 2 aromatic rings. The van der Waals surface area contributed by atoms with E-state index in [0.29, 0.717) is 16.8 Å². The maximum atomic E-state index is 13.6. The van der Waals surface area contributed by atoms with Crippen LogP contribution in [0.3, 0.4) is 0 Å². The van der Waals surface area contributed by atoms with Crippen LogP contribution in [0.2, 0.25) is 0 Å². The van der Waals surface area contributed by atoms with Crippen molar-refractivity contribution in [2.24, 2.45) is 0 Å². The molecule has 0 fully saturated rings. The van der Waals surface area contributed by atoms with Crippen molar-refractivity contribution in [2.45, 2.75) is 0 Å². The first-order chi connectivity index (χ1) is 9.16. The van der Waals surface area contributed by atoms with Gasteiger partial charge in [-0.2, -0.15) is 0 Å². The summed E-state index contributed by atoms with van der Waals surface area (Å²) in [5.41, 5.74) is 1.76. The van der Waals surface area contributed by atoms with E-state index in [0.717, 1.165) is 6.07 Å². The van der Waals surface area contributed by atoms with E-state index < -0.39 is 11.6 Å². The molecule has 4 heteroatoms. The summed E-state index contributed by atoms with van der Waals surface area (Å²) in [5, 5.41) is 2.68. The highest BCUT2D eigenvalue weighted by molar-refractivity contribution is 6.34. The fraction of sp³-hybridized carbons (Fsp3) is 0. The second-order valence-electron chi connectivity index (χ2n) is 4.20. The number of nitrogens with one attached hydrogen (secondary N) is 1. The molecule has 0 spiro atoms. The van der Waals surface area contributed by atoms with Crippen LogP contribution in [0.1, 0.15) is 11.1 Å². The number of rotatable bonds is 1. The highest BCUT2D eigenvalue weighted by Gasteiger charge is 2.23. The normalized spacial score (nSPS) is 15.5. The van der Waals surface area contributed by atoms with Crippen LogP contribution in [0, 0.1) is 11.6 Å². The zero-order valence-corrected chi connectivity index (χ0v) is 9.78. The van der Waals surface area contributed by atoms with Crippen LogP contribution in [0.5, 0.6) is 0 Å². The van der Waals surface area contributed by atoms with Crippen molar-refractivity contribution < 1.29 is 13.6 Å². The van der Waals surface area contributed by atoms with Crippen LogP contribution in [0.25, 0.3) is 11.6 Å². The van der Waals surface area contributed by atoms with E-state index in [1.165, 1.54) is 18.2 Å². The lowest BCUT2D eigenvalue weighted by Gasteiger charge is -2.00. The Morgan fingerprint density at radius 1 is 1.00 bits per heavy atom. The molecule has 1 N–H and O–H groups in total. The van der Waals surface area contributed by atoms with Crippen molar-refractivity contribution in [3.63, 3.8) is 0 Å². The van der Waals surface area contributed by atoms with Crippen LogP contribution < -0.4 is 5.32 Å². The first-order valence-corrected chi connectivity index (χ1v) is 5.73. The van der Waals surface area contributed by atoms with Gasteiger partial charge in [-0.15, -0.1) is 0 Å². The predicted octanol–water partition coefficient (Wildman–Crippen LogP) is 3.46. The van der Waals surface area contributed by atoms with Crippen LogP contribution in [-0.2, 0) is 4.79 Å². The molecule has 1 amide bonds. The smallest absolute Gasteiger partial charge is 0.256 e. The molecule has 1 heterocycles. The van der Waals surface area contributed by atoms with Gasteiger partial charge >= 0.3 is 0 Å². The molecular weight excluding hydrogens is 248 g/mol. The standard InChI is InChI=1S/C15H9F2NO/c16-12-6-3-4-9(14(12)17)8-11-10-5-1-2-7-13(10)18-15(11)19/h1-8H,(H,18,19)/b11-8+. The Bertz CT molecular complexity index is 707. The van der Waals surface area contributed by atoms with Crippen molar-refractivity contribution in [1.82, 2.24) is 0 Å². The lowest BCUT2D eigenvalue weighted by Crippen LogP contribution is -2.03. The van der Waals surface area contributed by atoms with Gasteiger partial charge in [0.25, 0.3) is 5.91 Å². The first-order valence-electron chi connectivity index (χ1n) is 5.73. The van der Waals surface area contributed by atoms with Crippen molar-refractivity contribution in [2.75, 3.05) is 5.32 Å². The van der Waals surface area contributed by atoms with Gasteiger partial charge in [0.2, 0.25) is 0 Å². The maximum Gasteiger partial charge on any atom is 0.256 e. The number of halogens is 2. The summed E-state index contributed by atoms with van der Waals surface area (Å²) in [5.74, 6) is -2.20. The van der Waals surface area contributed by atoms with Gasteiger partial charge in [0, 0.05) is 22.4 Å². The van der Waals surface area contributed by atoms with Gasteiger partial charge in [-0.05, 0) is 18.2 Å². The molecule has 0 aromatic heterocycles. The van der Waals surface area contributed by atoms with Gasteiger partial charge in [-0.1, -0.05) is 30.3 Å². The Morgan fingerprint density at radius 3 is 2.63 bits per heavy atom. The van der Waals surface area contributed by atoms with E-state index in [2.05, 4.69) is 5.32 Å². The minimum atomic E-state index is -0.952. The molecule has 1 aliphatic rings. The molecule has 0 saturated carbocycles. The molecular formula is C15H9F2NO. The second kappa shape index (κ2) is 4.31. The van der Waals surface area contributed by atoms with Gasteiger partial charge in [-0.25, -0.2) is 8.78 Å². The third kappa shape index (κ3) is 1.91. The van der Waals surface area contributed by atoms with Crippen molar-refractivity contribution in [1.29, 1.82) is 0 Å². The monoisotopic (exact) mass is 257 g/mol. The lowest BCUT2D eigenvalue weighted by atomic mass is 10.0. The number of anilines is 1. The summed E-state index contributed by atoms with van der Waals surface area (Å²) in [6.45, 7) is 0. The third-order valence-electron chi connectivity index (χ3n) is 2.99. The Kier molecular flexibility index (Phi) is 2.63. The molecule has 3 rings (SSSR count). The summed E-state index contributed by atoms with van der Waals surface area (Å²) in [6.07, 6.45) is 1.36. The maximum absolute atomic E-state index is 13.6. The summed E-state index contributed by atoms with van der Waals surface area (Å²) in [7, 11) is 0. The average Bonchev–Trinajstić information content (AvgIpc) is 2.72. The second-order valence-corrected chi connectivity index (χ2v) is 4.20. The van der Waals surface area contributed by atoms with Crippen LogP contribution >= 0.6 is 0 Å². The summed E-state index contributed by atoms with van der Waals surface area (Å²) < 4.78 is 26.7. The number of amides is 1. The van der Waals surface area contributed by atoms with E-state index in [1.54, 1.807) is 24.3 Å². The fourth-order valence-electron chi connectivity index (χ4n) is 2.07. The van der Waals surface area contributed by atoms with Crippen molar-refractivity contribution in [3.8, 4) is 0 Å². The highest BCUT2D eigenvalue weighted by atomic mass is 19.2. The number of para-hydroxylation sites is 1. The molecule has 2 nitrogen and oxygen atoms in total. The highest BCUT2D eigenvalue weighted by Crippen LogP contribution is 2.33. The summed E-state index contributed by atoms with van der Waals surface area (Å²) in [4.78, 5) is 11.8. The molecule has 0 atom stereocenters. The van der Waals surface area contributed by atoms with E-state index >= 15 is 0 Å². The predicted molar refractivity (Wildman–Crippen MR) is 69.3 cm³/mol. The molecule has 0 bridgehead atoms. The Hall–Kier alpha value is -2.49. The zero-order valence-electron chi connectivity index (χ0n) is 9.78. The first kappa shape index (κ1) is 11.6. The molecule has 0 saturated heterocycles. The molecule has 0 unspecified atom stereocenters. The number of hydrogen-bond acceptors (Lipinski definition) is 1. The number of carbonyl (C=O) groups excluding carboxylic acids is 1. The topological polar surface area (TPSA) is 29.1 Å². The third-order valence-corrected chi connectivity index (χ3v) is 2.99. The Morgan fingerprint density at radius 2 is 1.79 bits per heavy atom. The molecule has 19 heavy (non-hydrogen) atoms. The fourth-order valence-corrected chi connectivity index (χ4v) is 2.07. The van der Waals surface area contributed by atoms with Gasteiger partial charge in [0.1, 0.15) is 0 Å². The van der Waals surface area contributed by atoms with Crippen molar-refractivity contribution in [3.05, 3.63) is 65.2 Å². The largest absolute Gasteiger partial charge is 0.321 e. The van der Waals surface area contributed by atoms with E-state index in [1.807, 2.05) is 0 Å². The lowest BCUT2D eigenvalue weighted by molar-refractivity contribution is -0.110. The van der Waals surface area contributed by atoms with E-state index in [9.17, 15) is 13.6 Å². The minimum Gasteiger partial charge on any atom is -0.321 e. The quantitative estimate of drug-likeness (QED) is 0.779. The van der Waals surface area contributed by atoms with E-state index in [-0.39, 0.29) is 11.5 Å². The SMILES string of the molecule is O=C1Nc2ccccc2/C1=C\c1cccc(F)c1F. The molecule has 94 valence electrons. The molecule has 1 aliphatic heterocycles. The van der Waals surface area contributed by atoms with Gasteiger partial charge in [0.05, 0.1) is 0 Å². The van der Waals surface area contributed by atoms with E-state index in [4.69, 9.17) is 0 Å². The van der Waals surface area contributed by atoms with Gasteiger partial charge in [0.15, 0.2) is 11.6 Å². The molecule has 2 aromatic carbocycles. The van der Waals surface area contributed by atoms with Crippen LogP contribution in [0.4, 0.5) is 14.5 Å². The zero-order chi connectivity index (χ0) is 13.4. The van der Waals surface area contributed by atoms with Gasteiger partial charge < -0.3 is 5.32 Å². The molecule has 0 radical (unpaired) electrons. The van der Waals surface area contributed by atoms with Gasteiger partial charge in [-0.3, -0.25) is 4.79 Å². The minimum absolute atomic E-state index is 0.0573. The summed E-state index contributed by atoms with van der Waals surface area (Å²) >= 11 is 0. The van der Waals surface area contributed by atoms with Crippen molar-refractivity contribution >= 4 is 23.2 Å². The number of benzene rings is 2. The van der Waals surface area contributed by atoms with Crippen LogP contribution in [-0.4, -0.2) is 5.91 Å². The number of fused-ring (bicyclic) bond motifs is 1. The Labute approximate surface area is 108 Å². The average molecular weight is 257 g/mol. The number of hydrogen-bond donors (Lipinski definition) is 1. The number of carbonyl (C=O) groups is 1. The van der Waals surface area contributed by atoms with Crippen LogP contribution in [0.15, 0.2) is 42.5 Å².